The molecule has 0 radical (unpaired) electrons. The smallest absolute Gasteiger partial charge is 0.270 e. The fourth-order valence-corrected chi connectivity index (χ4v) is 3.06. The molecular formula is C20H17ClN4O2. The number of rotatable bonds is 5. The molecule has 7 heteroatoms. The molecule has 0 unspecified atom stereocenters. The minimum absolute atomic E-state index is 0.251. The molecule has 1 aromatic carbocycles. The van der Waals surface area contributed by atoms with E-state index in [4.69, 9.17) is 16.0 Å². The van der Waals surface area contributed by atoms with Gasteiger partial charge in [-0.1, -0.05) is 17.7 Å². The topological polar surface area (TPSA) is 65.0 Å². The normalized spacial score (nSPS) is 10.9. The molecule has 0 aliphatic rings. The Bertz CT molecular complexity index is 1080. The molecule has 136 valence electrons. The first-order chi connectivity index (χ1) is 13.1. The summed E-state index contributed by atoms with van der Waals surface area (Å²) in [7, 11) is 1.93. The highest BCUT2D eigenvalue weighted by Crippen LogP contribution is 2.23. The number of halogens is 1. The van der Waals surface area contributed by atoms with Crippen LogP contribution >= 0.6 is 11.6 Å². The van der Waals surface area contributed by atoms with E-state index in [1.54, 1.807) is 35.2 Å². The SMILES string of the molecule is Cn1cccc1-c1cc(C(=O)NCc2ccco2)n(-c2cccc(Cl)c2)n1. The van der Waals surface area contributed by atoms with Gasteiger partial charge in [0, 0.05) is 18.3 Å². The number of furan rings is 1. The minimum atomic E-state index is -0.251. The lowest BCUT2D eigenvalue weighted by Gasteiger charge is -2.08. The highest BCUT2D eigenvalue weighted by molar-refractivity contribution is 6.30. The summed E-state index contributed by atoms with van der Waals surface area (Å²) in [6, 6.07) is 16.5. The van der Waals surface area contributed by atoms with Crippen LogP contribution in [0.3, 0.4) is 0 Å². The van der Waals surface area contributed by atoms with Crippen molar-refractivity contribution in [2.24, 2.45) is 7.05 Å². The van der Waals surface area contributed by atoms with Crippen LogP contribution in [0.25, 0.3) is 17.1 Å². The van der Waals surface area contributed by atoms with E-state index in [2.05, 4.69) is 10.4 Å². The number of hydrogen-bond donors (Lipinski definition) is 1. The molecule has 0 saturated carbocycles. The summed E-state index contributed by atoms with van der Waals surface area (Å²) in [6.07, 6.45) is 3.51. The van der Waals surface area contributed by atoms with E-state index in [1.807, 2.05) is 48.1 Å². The van der Waals surface area contributed by atoms with Gasteiger partial charge in [-0.3, -0.25) is 4.79 Å². The van der Waals surface area contributed by atoms with E-state index in [1.165, 1.54) is 0 Å². The first-order valence-corrected chi connectivity index (χ1v) is 8.78. The standard InChI is InChI=1S/C20H17ClN4O2/c1-24-9-3-8-18(24)17-12-19(20(26)22-13-16-7-4-10-27-16)25(23-17)15-6-2-5-14(21)11-15/h2-12H,13H2,1H3,(H,22,26). The first kappa shape index (κ1) is 17.2. The Balaban J connectivity index is 1.72. The first-order valence-electron chi connectivity index (χ1n) is 8.40. The zero-order valence-electron chi connectivity index (χ0n) is 14.6. The van der Waals surface area contributed by atoms with Gasteiger partial charge in [-0.15, -0.1) is 0 Å². The van der Waals surface area contributed by atoms with Gasteiger partial charge in [-0.05, 0) is 48.5 Å². The Morgan fingerprint density at radius 3 is 2.78 bits per heavy atom. The van der Waals surface area contributed by atoms with E-state index in [0.29, 0.717) is 34.4 Å². The van der Waals surface area contributed by atoms with Crippen LogP contribution in [-0.4, -0.2) is 20.3 Å². The third kappa shape index (κ3) is 3.52. The second-order valence-electron chi connectivity index (χ2n) is 6.07. The molecule has 0 atom stereocenters. The van der Waals surface area contributed by atoms with Crippen LogP contribution in [0.5, 0.6) is 0 Å². The molecule has 4 aromatic rings. The molecule has 4 rings (SSSR count). The average molecular weight is 381 g/mol. The summed E-state index contributed by atoms with van der Waals surface area (Å²) >= 11 is 6.13. The number of benzene rings is 1. The Kier molecular flexibility index (Phi) is 4.56. The maximum absolute atomic E-state index is 12.8. The van der Waals surface area contributed by atoms with Crippen molar-refractivity contribution in [2.75, 3.05) is 0 Å². The van der Waals surface area contributed by atoms with Crippen molar-refractivity contribution in [3.8, 4) is 17.1 Å². The van der Waals surface area contributed by atoms with E-state index in [0.717, 1.165) is 5.69 Å². The van der Waals surface area contributed by atoms with Gasteiger partial charge in [-0.25, -0.2) is 4.68 Å². The van der Waals surface area contributed by atoms with E-state index in [9.17, 15) is 4.79 Å². The third-order valence-corrected chi connectivity index (χ3v) is 4.44. The molecule has 0 bridgehead atoms. The van der Waals surface area contributed by atoms with E-state index >= 15 is 0 Å². The summed E-state index contributed by atoms with van der Waals surface area (Å²) < 4.78 is 8.83. The van der Waals surface area contributed by atoms with Crippen molar-refractivity contribution in [2.45, 2.75) is 6.54 Å². The van der Waals surface area contributed by atoms with Crippen molar-refractivity contribution < 1.29 is 9.21 Å². The van der Waals surface area contributed by atoms with Crippen molar-refractivity contribution in [3.63, 3.8) is 0 Å². The van der Waals surface area contributed by atoms with Gasteiger partial charge in [0.25, 0.3) is 5.91 Å². The molecule has 0 aliphatic carbocycles. The Hall–Kier alpha value is -3.25. The summed E-state index contributed by atoms with van der Waals surface area (Å²) in [6.45, 7) is 0.298. The van der Waals surface area contributed by atoms with Gasteiger partial charge < -0.3 is 14.3 Å². The average Bonchev–Trinajstić information content (AvgIpc) is 3.40. The molecule has 0 spiro atoms. The largest absolute Gasteiger partial charge is 0.467 e. The predicted octanol–water partition coefficient (Wildman–Crippen LogP) is 4.05. The molecule has 0 saturated heterocycles. The van der Waals surface area contributed by atoms with Gasteiger partial charge >= 0.3 is 0 Å². The quantitative estimate of drug-likeness (QED) is 0.568. The molecule has 3 heterocycles. The van der Waals surface area contributed by atoms with Crippen LogP contribution < -0.4 is 5.32 Å². The zero-order chi connectivity index (χ0) is 18.8. The molecule has 1 amide bonds. The number of nitrogens with zero attached hydrogens (tertiary/aromatic N) is 3. The summed E-state index contributed by atoms with van der Waals surface area (Å²) in [5.41, 5.74) is 2.74. The highest BCUT2D eigenvalue weighted by atomic mass is 35.5. The number of carbonyl (C=O) groups is 1. The third-order valence-electron chi connectivity index (χ3n) is 4.20. The van der Waals surface area contributed by atoms with Crippen molar-refractivity contribution in [3.05, 3.63) is 83.5 Å². The number of carbonyl (C=O) groups excluding carboxylic acids is 1. The van der Waals surface area contributed by atoms with Crippen molar-refractivity contribution >= 4 is 17.5 Å². The lowest BCUT2D eigenvalue weighted by molar-refractivity contribution is 0.0940. The Morgan fingerprint density at radius 2 is 2.07 bits per heavy atom. The molecular weight excluding hydrogens is 364 g/mol. The summed E-state index contributed by atoms with van der Waals surface area (Å²) in [5.74, 6) is 0.430. The number of nitrogens with one attached hydrogen (secondary N) is 1. The van der Waals surface area contributed by atoms with Crippen molar-refractivity contribution in [1.29, 1.82) is 0 Å². The fraction of sp³-hybridized carbons (Fsp3) is 0.100. The Labute approximate surface area is 161 Å². The van der Waals surface area contributed by atoms with Gasteiger partial charge in [-0.2, -0.15) is 5.10 Å². The van der Waals surface area contributed by atoms with Crippen LogP contribution in [0.4, 0.5) is 0 Å². The van der Waals surface area contributed by atoms with Crippen LogP contribution in [0, 0.1) is 0 Å². The van der Waals surface area contributed by atoms with Gasteiger partial charge in [0.2, 0.25) is 0 Å². The number of aromatic nitrogens is 3. The van der Waals surface area contributed by atoms with Crippen molar-refractivity contribution in [1.82, 2.24) is 19.7 Å². The highest BCUT2D eigenvalue weighted by Gasteiger charge is 2.19. The van der Waals surface area contributed by atoms with Crippen LogP contribution in [0.2, 0.25) is 5.02 Å². The maximum Gasteiger partial charge on any atom is 0.270 e. The second-order valence-corrected chi connectivity index (χ2v) is 6.51. The number of hydrogen-bond acceptors (Lipinski definition) is 3. The molecule has 0 aliphatic heterocycles. The molecule has 3 aromatic heterocycles. The lowest BCUT2D eigenvalue weighted by atomic mass is 10.2. The van der Waals surface area contributed by atoms with Crippen LogP contribution in [-0.2, 0) is 13.6 Å². The second kappa shape index (κ2) is 7.17. The van der Waals surface area contributed by atoms with Crippen LogP contribution in [0.1, 0.15) is 16.2 Å². The molecule has 6 nitrogen and oxygen atoms in total. The zero-order valence-corrected chi connectivity index (χ0v) is 15.3. The van der Waals surface area contributed by atoms with Crippen LogP contribution in [0.15, 0.2) is 71.5 Å². The lowest BCUT2D eigenvalue weighted by Crippen LogP contribution is -2.25. The molecule has 1 N–H and O–H groups in total. The maximum atomic E-state index is 12.8. The summed E-state index contributed by atoms with van der Waals surface area (Å²) in [4.78, 5) is 12.8. The number of amides is 1. The minimum Gasteiger partial charge on any atom is -0.467 e. The van der Waals surface area contributed by atoms with Gasteiger partial charge in [0.1, 0.15) is 17.1 Å². The van der Waals surface area contributed by atoms with Gasteiger partial charge in [0.05, 0.1) is 24.2 Å². The summed E-state index contributed by atoms with van der Waals surface area (Å²) in [5, 5.41) is 8.08. The molecule has 0 fully saturated rings. The predicted molar refractivity (Wildman–Crippen MR) is 103 cm³/mol. The van der Waals surface area contributed by atoms with E-state index in [-0.39, 0.29) is 5.91 Å². The number of aryl methyl sites for hydroxylation is 1. The Morgan fingerprint density at radius 1 is 1.19 bits per heavy atom. The van der Waals surface area contributed by atoms with E-state index < -0.39 is 0 Å². The molecule has 27 heavy (non-hydrogen) atoms. The fourth-order valence-electron chi connectivity index (χ4n) is 2.87. The van der Waals surface area contributed by atoms with Gasteiger partial charge in [0.15, 0.2) is 0 Å². The monoisotopic (exact) mass is 380 g/mol.